The first-order valence-corrected chi connectivity index (χ1v) is 6.11. The van der Waals surface area contributed by atoms with Gasteiger partial charge in [-0.05, 0) is 13.8 Å². The highest BCUT2D eigenvalue weighted by Crippen LogP contribution is 2.11. The molecule has 3 N–H and O–H groups in total. The summed E-state index contributed by atoms with van der Waals surface area (Å²) in [7, 11) is 1.85. The van der Waals surface area contributed by atoms with Crippen molar-refractivity contribution >= 4 is 11.6 Å². The van der Waals surface area contributed by atoms with E-state index in [1.54, 1.807) is 9.36 Å². The van der Waals surface area contributed by atoms with E-state index in [0.29, 0.717) is 24.5 Å². The van der Waals surface area contributed by atoms with Crippen LogP contribution in [0.5, 0.6) is 0 Å². The van der Waals surface area contributed by atoms with Crippen molar-refractivity contribution in [2.24, 2.45) is 7.05 Å². The standard InChI is InChI=1S/C12H18N6O/c1-4-18-11(10(13)6-15-18)12(19)14-5-9-7-17(3)16-8(9)2/h6-7H,4-5,13H2,1-3H3,(H,14,19). The van der Waals surface area contributed by atoms with E-state index >= 15 is 0 Å². The Labute approximate surface area is 111 Å². The van der Waals surface area contributed by atoms with Crippen molar-refractivity contribution in [1.82, 2.24) is 24.9 Å². The van der Waals surface area contributed by atoms with Gasteiger partial charge in [-0.15, -0.1) is 0 Å². The number of nitrogen functional groups attached to an aromatic ring is 1. The minimum absolute atomic E-state index is 0.222. The number of aromatic nitrogens is 4. The second-order valence-corrected chi connectivity index (χ2v) is 4.36. The number of hydrogen-bond donors (Lipinski definition) is 2. The Morgan fingerprint density at radius 1 is 1.53 bits per heavy atom. The Hall–Kier alpha value is -2.31. The first-order chi connectivity index (χ1) is 9.02. The molecule has 0 atom stereocenters. The number of nitrogens with two attached hydrogens (primary N) is 1. The molecule has 2 rings (SSSR count). The lowest BCUT2D eigenvalue weighted by molar-refractivity contribution is 0.0941. The topological polar surface area (TPSA) is 90.8 Å². The summed E-state index contributed by atoms with van der Waals surface area (Å²) < 4.78 is 3.31. The number of nitrogens with one attached hydrogen (secondary N) is 1. The highest BCUT2D eigenvalue weighted by molar-refractivity contribution is 5.97. The van der Waals surface area contributed by atoms with Crippen LogP contribution in [0.4, 0.5) is 5.69 Å². The van der Waals surface area contributed by atoms with Gasteiger partial charge in [-0.2, -0.15) is 10.2 Å². The van der Waals surface area contributed by atoms with Gasteiger partial charge in [0.15, 0.2) is 0 Å². The fraction of sp³-hybridized carbons (Fsp3) is 0.417. The molecule has 0 aromatic carbocycles. The molecule has 2 aromatic heterocycles. The molecule has 0 saturated heterocycles. The van der Waals surface area contributed by atoms with Gasteiger partial charge in [-0.3, -0.25) is 14.2 Å². The lowest BCUT2D eigenvalue weighted by atomic mass is 10.2. The van der Waals surface area contributed by atoms with E-state index in [-0.39, 0.29) is 5.91 Å². The molecule has 1 amide bonds. The molecular weight excluding hydrogens is 244 g/mol. The summed E-state index contributed by atoms with van der Waals surface area (Å²) in [5.41, 5.74) is 8.44. The molecule has 7 nitrogen and oxygen atoms in total. The second-order valence-electron chi connectivity index (χ2n) is 4.36. The predicted molar refractivity (Wildman–Crippen MR) is 71.4 cm³/mol. The van der Waals surface area contributed by atoms with E-state index in [4.69, 9.17) is 5.73 Å². The van der Waals surface area contributed by atoms with Gasteiger partial charge in [0.05, 0.1) is 17.6 Å². The fourth-order valence-electron chi connectivity index (χ4n) is 1.97. The van der Waals surface area contributed by atoms with Crippen LogP contribution in [-0.4, -0.2) is 25.5 Å². The van der Waals surface area contributed by atoms with E-state index in [0.717, 1.165) is 11.3 Å². The molecule has 0 radical (unpaired) electrons. The lowest BCUT2D eigenvalue weighted by Gasteiger charge is -2.07. The smallest absolute Gasteiger partial charge is 0.271 e. The monoisotopic (exact) mass is 262 g/mol. The molecule has 0 saturated carbocycles. The Kier molecular flexibility index (Phi) is 3.55. The van der Waals surface area contributed by atoms with Gasteiger partial charge in [-0.1, -0.05) is 0 Å². The van der Waals surface area contributed by atoms with E-state index in [1.807, 2.05) is 27.1 Å². The average molecular weight is 262 g/mol. The van der Waals surface area contributed by atoms with Crippen LogP contribution >= 0.6 is 0 Å². The number of nitrogens with zero attached hydrogens (tertiary/aromatic N) is 4. The van der Waals surface area contributed by atoms with Gasteiger partial charge >= 0.3 is 0 Å². The third kappa shape index (κ3) is 2.59. The van der Waals surface area contributed by atoms with Crippen molar-refractivity contribution in [3.05, 3.63) is 29.3 Å². The molecule has 0 unspecified atom stereocenters. The van der Waals surface area contributed by atoms with Crippen molar-refractivity contribution in [3.63, 3.8) is 0 Å². The summed E-state index contributed by atoms with van der Waals surface area (Å²) in [6.07, 6.45) is 3.38. The zero-order valence-corrected chi connectivity index (χ0v) is 11.3. The molecule has 0 spiro atoms. The SMILES string of the molecule is CCn1ncc(N)c1C(=O)NCc1cn(C)nc1C. The molecule has 0 aliphatic rings. The van der Waals surface area contributed by atoms with Gasteiger partial charge in [0.2, 0.25) is 0 Å². The predicted octanol–water partition coefficient (Wildman–Crippen LogP) is 0.457. The molecule has 0 aliphatic heterocycles. The van der Waals surface area contributed by atoms with Gasteiger partial charge in [0, 0.05) is 31.9 Å². The normalized spacial score (nSPS) is 10.7. The molecular formula is C12H18N6O. The Morgan fingerprint density at radius 3 is 2.84 bits per heavy atom. The highest BCUT2D eigenvalue weighted by atomic mass is 16.2. The van der Waals surface area contributed by atoms with Gasteiger partial charge < -0.3 is 11.1 Å². The lowest BCUT2D eigenvalue weighted by Crippen LogP contribution is -2.26. The zero-order valence-electron chi connectivity index (χ0n) is 11.3. The summed E-state index contributed by atoms with van der Waals surface area (Å²) in [5.74, 6) is -0.222. The maximum absolute atomic E-state index is 12.1. The molecule has 0 aliphatic carbocycles. The maximum Gasteiger partial charge on any atom is 0.271 e. The summed E-state index contributed by atoms with van der Waals surface area (Å²) in [6.45, 7) is 4.85. The van der Waals surface area contributed by atoms with Gasteiger partial charge in [0.1, 0.15) is 5.69 Å². The molecule has 0 fully saturated rings. The van der Waals surface area contributed by atoms with Crippen molar-refractivity contribution in [3.8, 4) is 0 Å². The Morgan fingerprint density at radius 2 is 2.26 bits per heavy atom. The van der Waals surface area contributed by atoms with E-state index < -0.39 is 0 Å². The Balaban J connectivity index is 2.09. The minimum atomic E-state index is -0.222. The van der Waals surface area contributed by atoms with E-state index in [2.05, 4.69) is 15.5 Å². The summed E-state index contributed by atoms with van der Waals surface area (Å²) >= 11 is 0. The minimum Gasteiger partial charge on any atom is -0.396 e. The largest absolute Gasteiger partial charge is 0.396 e. The molecule has 7 heteroatoms. The van der Waals surface area contributed by atoms with Crippen LogP contribution in [0.3, 0.4) is 0 Å². The Bertz CT molecular complexity index is 597. The number of carbonyl (C=O) groups is 1. The number of anilines is 1. The third-order valence-electron chi connectivity index (χ3n) is 2.94. The third-order valence-corrected chi connectivity index (χ3v) is 2.94. The summed E-state index contributed by atoms with van der Waals surface area (Å²) in [4.78, 5) is 12.1. The number of aryl methyl sites for hydroxylation is 3. The second kappa shape index (κ2) is 5.13. The molecule has 2 heterocycles. The molecule has 2 aromatic rings. The molecule has 0 bridgehead atoms. The maximum atomic E-state index is 12.1. The first kappa shape index (κ1) is 13.1. The summed E-state index contributed by atoms with van der Waals surface area (Å²) in [6, 6.07) is 0. The van der Waals surface area contributed by atoms with Crippen molar-refractivity contribution in [2.75, 3.05) is 5.73 Å². The quantitative estimate of drug-likeness (QED) is 0.837. The van der Waals surface area contributed by atoms with Crippen LogP contribution in [-0.2, 0) is 20.1 Å². The van der Waals surface area contributed by atoms with E-state index in [9.17, 15) is 4.79 Å². The average Bonchev–Trinajstić information content (AvgIpc) is 2.89. The van der Waals surface area contributed by atoms with Crippen molar-refractivity contribution < 1.29 is 4.79 Å². The van der Waals surface area contributed by atoms with Crippen LogP contribution < -0.4 is 11.1 Å². The van der Waals surface area contributed by atoms with Crippen LogP contribution in [0.2, 0.25) is 0 Å². The van der Waals surface area contributed by atoms with Gasteiger partial charge in [0.25, 0.3) is 5.91 Å². The number of carbonyl (C=O) groups excluding carboxylic acids is 1. The van der Waals surface area contributed by atoms with Crippen molar-refractivity contribution in [2.45, 2.75) is 26.9 Å². The zero-order chi connectivity index (χ0) is 14.0. The van der Waals surface area contributed by atoms with Crippen LogP contribution in [0.15, 0.2) is 12.4 Å². The van der Waals surface area contributed by atoms with Crippen LogP contribution in [0.1, 0.15) is 28.7 Å². The number of hydrogen-bond acceptors (Lipinski definition) is 4. The molecule has 102 valence electrons. The van der Waals surface area contributed by atoms with Crippen LogP contribution in [0.25, 0.3) is 0 Å². The highest BCUT2D eigenvalue weighted by Gasteiger charge is 2.16. The summed E-state index contributed by atoms with van der Waals surface area (Å²) in [5, 5.41) is 11.1. The number of rotatable bonds is 4. The van der Waals surface area contributed by atoms with E-state index in [1.165, 1.54) is 6.20 Å². The van der Waals surface area contributed by atoms with Gasteiger partial charge in [-0.25, -0.2) is 0 Å². The first-order valence-electron chi connectivity index (χ1n) is 6.11. The fourth-order valence-corrected chi connectivity index (χ4v) is 1.97. The van der Waals surface area contributed by atoms with Crippen LogP contribution in [0, 0.1) is 6.92 Å². The molecule has 19 heavy (non-hydrogen) atoms. The number of amides is 1. The van der Waals surface area contributed by atoms with Crippen molar-refractivity contribution in [1.29, 1.82) is 0 Å².